The topological polar surface area (TPSA) is 76.8 Å². The molecule has 7 nitrogen and oxygen atoms in total. The third-order valence-corrected chi connectivity index (χ3v) is 4.76. The lowest BCUT2D eigenvalue weighted by atomic mass is 10.0. The third-order valence-electron chi connectivity index (χ3n) is 4.76. The molecular formula is C17H26F3N3O4. The van der Waals surface area contributed by atoms with Gasteiger partial charge in [-0.2, -0.15) is 18.3 Å². The Bertz CT molecular complexity index is 608. The Hall–Kier alpha value is -1.65. The van der Waals surface area contributed by atoms with Crippen LogP contribution in [0.4, 0.5) is 13.2 Å². The normalized spacial score (nSPS) is 25.6. The summed E-state index contributed by atoms with van der Waals surface area (Å²) in [6.07, 6.45) is 1.79. The lowest BCUT2D eigenvalue weighted by molar-refractivity contribution is -0.192. The molecule has 10 heteroatoms. The molecule has 0 aromatic carbocycles. The first-order valence-corrected chi connectivity index (χ1v) is 8.93. The summed E-state index contributed by atoms with van der Waals surface area (Å²) in [5.74, 6) is -2.19. The van der Waals surface area contributed by atoms with Crippen LogP contribution in [-0.4, -0.2) is 70.4 Å². The zero-order valence-corrected chi connectivity index (χ0v) is 15.5. The van der Waals surface area contributed by atoms with E-state index in [0.717, 1.165) is 32.9 Å². The van der Waals surface area contributed by atoms with Crippen LogP contribution in [0.1, 0.15) is 25.3 Å². The van der Waals surface area contributed by atoms with E-state index in [4.69, 9.17) is 19.4 Å². The molecule has 0 radical (unpaired) electrons. The second-order valence-corrected chi connectivity index (χ2v) is 6.70. The maximum Gasteiger partial charge on any atom is 0.490 e. The number of morpholine rings is 1. The number of nitrogens with zero attached hydrogens (tertiary/aromatic N) is 3. The van der Waals surface area contributed by atoms with Crippen molar-refractivity contribution in [3.05, 3.63) is 18.0 Å². The molecule has 0 amide bonds. The van der Waals surface area contributed by atoms with E-state index >= 15 is 0 Å². The fourth-order valence-electron chi connectivity index (χ4n) is 3.57. The minimum absolute atomic E-state index is 0.354. The molecular weight excluding hydrogens is 367 g/mol. The zero-order valence-electron chi connectivity index (χ0n) is 15.5. The number of fused-ring (bicyclic) bond motifs is 1. The molecule has 1 unspecified atom stereocenters. The van der Waals surface area contributed by atoms with Gasteiger partial charge >= 0.3 is 12.1 Å². The van der Waals surface area contributed by atoms with E-state index < -0.39 is 12.1 Å². The maximum atomic E-state index is 10.6. The molecule has 1 aliphatic carbocycles. The smallest absolute Gasteiger partial charge is 0.475 e. The number of aliphatic carboxylic acids is 1. The monoisotopic (exact) mass is 393 g/mol. The molecule has 0 spiro atoms. The summed E-state index contributed by atoms with van der Waals surface area (Å²) < 4.78 is 45.3. The van der Waals surface area contributed by atoms with E-state index in [1.165, 1.54) is 18.4 Å². The number of rotatable bonds is 5. The molecule has 1 N–H and O–H groups in total. The molecule has 2 fully saturated rings. The van der Waals surface area contributed by atoms with Crippen molar-refractivity contribution in [2.45, 2.75) is 44.6 Å². The van der Waals surface area contributed by atoms with E-state index in [-0.39, 0.29) is 0 Å². The van der Waals surface area contributed by atoms with Crippen LogP contribution in [-0.2, 0) is 27.9 Å². The van der Waals surface area contributed by atoms with Crippen molar-refractivity contribution in [3.63, 3.8) is 0 Å². The first-order valence-electron chi connectivity index (χ1n) is 8.93. The SMILES string of the molecule is CCOCC1CC[C@H]2[C@H]1OCCN2Cc1cnn(C)c1.O=C(O)C(F)(F)F. The van der Waals surface area contributed by atoms with Gasteiger partial charge in [0.2, 0.25) is 0 Å². The molecule has 1 aromatic heterocycles. The van der Waals surface area contributed by atoms with Crippen LogP contribution in [0.15, 0.2) is 12.4 Å². The molecule has 2 aliphatic rings. The molecule has 1 saturated heterocycles. The third kappa shape index (κ3) is 6.18. The second kappa shape index (κ2) is 9.52. The van der Waals surface area contributed by atoms with Gasteiger partial charge in [-0.25, -0.2) is 4.79 Å². The van der Waals surface area contributed by atoms with Crippen molar-refractivity contribution in [3.8, 4) is 0 Å². The molecule has 1 saturated carbocycles. The number of carboxylic acid groups (broad SMARTS) is 1. The predicted molar refractivity (Wildman–Crippen MR) is 90.1 cm³/mol. The number of carboxylic acids is 1. The lowest BCUT2D eigenvalue weighted by Crippen LogP contribution is -2.50. The molecule has 3 rings (SSSR count). The van der Waals surface area contributed by atoms with Crippen molar-refractivity contribution in [1.82, 2.24) is 14.7 Å². The van der Waals surface area contributed by atoms with Gasteiger partial charge in [-0.1, -0.05) is 0 Å². The molecule has 2 heterocycles. The fourth-order valence-corrected chi connectivity index (χ4v) is 3.57. The molecule has 1 aromatic rings. The summed E-state index contributed by atoms with van der Waals surface area (Å²) in [6.45, 7) is 6.55. The van der Waals surface area contributed by atoms with E-state index in [1.54, 1.807) is 0 Å². The number of halogens is 3. The summed E-state index contributed by atoms with van der Waals surface area (Å²) in [5.41, 5.74) is 1.29. The average Bonchev–Trinajstić information content (AvgIpc) is 3.19. The van der Waals surface area contributed by atoms with Crippen LogP contribution in [0.3, 0.4) is 0 Å². The Balaban J connectivity index is 0.000000321. The van der Waals surface area contributed by atoms with Crippen LogP contribution >= 0.6 is 0 Å². The van der Waals surface area contributed by atoms with Crippen molar-refractivity contribution >= 4 is 5.97 Å². The molecule has 27 heavy (non-hydrogen) atoms. The fraction of sp³-hybridized carbons (Fsp3) is 0.765. The Kier molecular flexibility index (Phi) is 7.63. The number of hydrogen-bond donors (Lipinski definition) is 1. The molecule has 154 valence electrons. The Labute approximate surface area is 156 Å². The standard InChI is InChI=1S/C15H25N3O2.C2HF3O2/c1-3-19-11-13-4-5-14-15(13)20-7-6-18(14)10-12-8-16-17(2)9-12;3-2(4,5)1(6)7/h8-9,13-15H,3-7,10-11H2,1-2H3;(H,6,7)/t13?,14-,15-;/m0./s1. The van der Waals surface area contributed by atoms with Gasteiger partial charge in [-0.15, -0.1) is 0 Å². The average molecular weight is 393 g/mol. The number of aromatic nitrogens is 2. The highest BCUT2D eigenvalue weighted by Crippen LogP contribution is 2.35. The summed E-state index contributed by atoms with van der Waals surface area (Å²) in [6, 6.07) is 0.550. The summed E-state index contributed by atoms with van der Waals surface area (Å²) in [7, 11) is 1.97. The van der Waals surface area contributed by atoms with Crippen molar-refractivity contribution in [1.29, 1.82) is 0 Å². The number of hydrogen-bond acceptors (Lipinski definition) is 5. The Morgan fingerprint density at radius 1 is 1.44 bits per heavy atom. The largest absolute Gasteiger partial charge is 0.490 e. The van der Waals surface area contributed by atoms with E-state index in [9.17, 15) is 13.2 Å². The van der Waals surface area contributed by atoms with Crippen LogP contribution in [0.25, 0.3) is 0 Å². The first-order chi connectivity index (χ1) is 12.7. The lowest BCUT2D eigenvalue weighted by Gasteiger charge is -2.39. The minimum Gasteiger partial charge on any atom is -0.475 e. The maximum absolute atomic E-state index is 10.6. The van der Waals surface area contributed by atoms with Gasteiger partial charge in [0.05, 0.1) is 25.5 Å². The van der Waals surface area contributed by atoms with Crippen molar-refractivity contribution < 1.29 is 32.5 Å². The van der Waals surface area contributed by atoms with Gasteiger partial charge in [-0.05, 0) is 19.8 Å². The Morgan fingerprint density at radius 3 is 2.70 bits per heavy atom. The highest BCUT2D eigenvalue weighted by Gasteiger charge is 2.42. The van der Waals surface area contributed by atoms with Gasteiger partial charge in [-0.3, -0.25) is 9.58 Å². The summed E-state index contributed by atoms with van der Waals surface area (Å²) in [4.78, 5) is 11.5. The summed E-state index contributed by atoms with van der Waals surface area (Å²) in [5, 5.41) is 11.4. The van der Waals surface area contributed by atoms with Crippen molar-refractivity contribution in [2.24, 2.45) is 13.0 Å². The summed E-state index contributed by atoms with van der Waals surface area (Å²) >= 11 is 0. The van der Waals surface area contributed by atoms with Crippen LogP contribution in [0, 0.1) is 5.92 Å². The van der Waals surface area contributed by atoms with E-state index in [1.807, 2.05) is 17.9 Å². The van der Waals surface area contributed by atoms with Crippen LogP contribution in [0.5, 0.6) is 0 Å². The van der Waals surface area contributed by atoms with Gasteiger partial charge in [0.15, 0.2) is 0 Å². The van der Waals surface area contributed by atoms with Gasteiger partial charge in [0.1, 0.15) is 0 Å². The zero-order chi connectivity index (χ0) is 20.0. The highest BCUT2D eigenvalue weighted by molar-refractivity contribution is 5.73. The number of ether oxygens (including phenoxy) is 2. The van der Waals surface area contributed by atoms with Crippen molar-refractivity contribution in [2.75, 3.05) is 26.4 Å². The molecule has 3 atom stereocenters. The van der Waals surface area contributed by atoms with Gasteiger partial charge in [0.25, 0.3) is 0 Å². The first kappa shape index (κ1) is 21.6. The highest BCUT2D eigenvalue weighted by atomic mass is 19.4. The quantitative estimate of drug-likeness (QED) is 0.825. The number of carbonyl (C=O) groups is 1. The molecule has 0 bridgehead atoms. The van der Waals surface area contributed by atoms with Gasteiger partial charge in [0, 0.05) is 50.5 Å². The van der Waals surface area contributed by atoms with E-state index in [0.29, 0.717) is 18.1 Å². The van der Waals surface area contributed by atoms with Gasteiger partial charge < -0.3 is 14.6 Å². The number of alkyl halides is 3. The van der Waals surface area contributed by atoms with Crippen LogP contribution < -0.4 is 0 Å². The predicted octanol–water partition coefficient (Wildman–Crippen LogP) is 2.07. The van der Waals surface area contributed by atoms with Crippen LogP contribution in [0.2, 0.25) is 0 Å². The number of aryl methyl sites for hydroxylation is 1. The minimum atomic E-state index is -5.08. The Morgan fingerprint density at radius 2 is 2.15 bits per heavy atom. The molecule has 1 aliphatic heterocycles. The second-order valence-electron chi connectivity index (χ2n) is 6.70. The van der Waals surface area contributed by atoms with E-state index in [2.05, 4.69) is 23.1 Å².